The maximum absolute atomic E-state index is 11.9. The molecule has 0 aliphatic rings. The van der Waals surface area contributed by atoms with Gasteiger partial charge in [0.05, 0.1) is 12.1 Å². The summed E-state index contributed by atoms with van der Waals surface area (Å²) in [7, 11) is 1.81. The van der Waals surface area contributed by atoms with Crippen LogP contribution in [-0.2, 0) is 6.54 Å². The van der Waals surface area contributed by atoms with Crippen LogP contribution in [0.3, 0.4) is 0 Å². The standard InChI is InChI=1S/C13H15N3O/c1-9-3-5-10(6-4-9)11-7-15-12(8-14-2)16-13(11)17/h3-7,14H,8H2,1-2H3,(H,15,16,17). The van der Waals surface area contributed by atoms with Gasteiger partial charge in [-0.15, -0.1) is 0 Å². The Morgan fingerprint density at radius 1 is 1.29 bits per heavy atom. The molecular formula is C13H15N3O. The third kappa shape index (κ3) is 2.60. The van der Waals surface area contributed by atoms with Crippen LogP contribution >= 0.6 is 0 Å². The molecule has 0 spiro atoms. The number of aromatic nitrogens is 2. The monoisotopic (exact) mass is 229 g/mol. The van der Waals surface area contributed by atoms with Gasteiger partial charge in [-0.1, -0.05) is 29.8 Å². The molecule has 88 valence electrons. The molecular weight excluding hydrogens is 214 g/mol. The molecule has 4 heteroatoms. The summed E-state index contributed by atoms with van der Waals surface area (Å²) in [6.45, 7) is 2.58. The second-order valence-electron chi connectivity index (χ2n) is 3.97. The molecule has 2 N–H and O–H groups in total. The van der Waals surface area contributed by atoms with Crippen molar-refractivity contribution in [1.82, 2.24) is 15.3 Å². The van der Waals surface area contributed by atoms with Gasteiger partial charge in [-0.2, -0.15) is 0 Å². The number of hydrogen-bond acceptors (Lipinski definition) is 3. The van der Waals surface area contributed by atoms with Crippen molar-refractivity contribution in [3.05, 3.63) is 52.2 Å². The van der Waals surface area contributed by atoms with Crippen molar-refractivity contribution in [2.45, 2.75) is 13.5 Å². The first-order chi connectivity index (χ1) is 8.20. The maximum Gasteiger partial charge on any atom is 0.258 e. The summed E-state index contributed by atoms with van der Waals surface area (Å²) < 4.78 is 0. The normalized spacial score (nSPS) is 10.5. The molecule has 2 rings (SSSR count). The van der Waals surface area contributed by atoms with E-state index in [1.807, 2.05) is 38.2 Å². The average molecular weight is 229 g/mol. The largest absolute Gasteiger partial charge is 0.313 e. The van der Waals surface area contributed by atoms with E-state index in [0.717, 1.165) is 5.56 Å². The topological polar surface area (TPSA) is 57.8 Å². The minimum absolute atomic E-state index is 0.103. The lowest BCUT2D eigenvalue weighted by atomic mass is 10.1. The molecule has 17 heavy (non-hydrogen) atoms. The summed E-state index contributed by atoms with van der Waals surface area (Å²) >= 11 is 0. The van der Waals surface area contributed by atoms with Gasteiger partial charge in [0.2, 0.25) is 0 Å². The van der Waals surface area contributed by atoms with E-state index in [0.29, 0.717) is 17.9 Å². The molecule has 0 aliphatic heterocycles. The smallest absolute Gasteiger partial charge is 0.258 e. The molecule has 0 saturated carbocycles. The van der Waals surface area contributed by atoms with Crippen LogP contribution in [0.15, 0.2) is 35.3 Å². The van der Waals surface area contributed by atoms with Crippen LogP contribution in [-0.4, -0.2) is 17.0 Å². The fourth-order valence-corrected chi connectivity index (χ4v) is 1.63. The number of rotatable bonds is 3. The van der Waals surface area contributed by atoms with E-state index in [1.165, 1.54) is 5.56 Å². The van der Waals surface area contributed by atoms with Gasteiger partial charge < -0.3 is 10.3 Å². The summed E-state index contributed by atoms with van der Waals surface area (Å²) in [5.41, 5.74) is 2.56. The van der Waals surface area contributed by atoms with Gasteiger partial charge in [-0.25, -0.2) is 4.98 Å². The molecule has 0 aliphatic carbocycles. The number of nitrogens with zero attached hydrogens (tertiary/aromatic N) is 1. The maximum atomic E-state index is 11.9. The van der Waals surface area contributed by atoms with Crippen molar-refractivity contribution in [3.8, 4) is 11.1 Å². The SMILES string of the molecule is CNCc1ncc(-c2ccc(C)cc2)c(=O)[nH]1. The van der Waals surface area contributed by atoms with Gasteiger partial charge in [0.1, 0.15) is 5.82 Å². The number of nitrogens with one attached hydrogen (secondary N) is 2. The molecule has 0 saturated heterocycles. The predicted octanol–water partition coefficient (Wildman–Crippen LogP) is 1.46. The fraction of sp³-hybridized carbons (Fsp3) is 0.231. The Labute approximate surface area is 99.7 Å². The van der Waals surface area contributed by atoms with Crippen LogP contribution in [0.5, 0.6) is 0 Å². The van der Waals surface area contributed by atoms with Gasteiger partial charge >= 0.3 is 0 Å². The highest BCUT2D eigenvalue weighted by Crippen LogP contribution is 2.14. The minimum atomic E-state index is -0.103. The van der Waals surface area contributed by atoms with Crippen molar-refractivity contribution in [2.75, 3.05) is 7.05 Å². The highest BCUT2D eigenvalue weighted by Gasteiger charge is 2.04. The Hall–Kier alpha value is -1.94. The minimum Gasteiger partial charge on any atom is -0.313 e. The van der Waals surface area contributed by atoms with Crippen molar-refractivity contribution < 1.29 is 0 Å². The van der Waals surface area contributed by atoms with E-state index in [4.69, 9.17) is 0 Å². The Morgan fingerprint density at radius 3 is 2.59 bits per heavy atom. The molecule has 0 atom stereocenters. The Bertz CT molecular complexity index is 558. The van der Waals surface area contributed by atoms with Crippen LogP contribution in [0, 0.1) is 6.92 Å². The zero-order valence-corrected chi connectivity index (χ0v) is 9.95. The van der Waals surface area contributed by atoms with Crippen molar-refractivity contribution in [3.63, 3.8) is 0 Å². The number of hydrogen-bond donors (Lipinski definition) is 2. The van der Waals surface area contributed by atoms with Gasteiger partial charge in [0.25, 0.3) is 5.56 Å². The third-order valence-corrected chi connectivity index (χ3v) is 2.56. The molecule has 1 aromatic heterocycles. The summed E-state index contributed by atoms with van der Waals surface area (Å²) in [6.07, 6.45) is 1.62. The van der Waals surface area contributed by atoms with E-state index in [2.05, 4.69) is 15.3 Å². The second-order valence-corrected chi connectivity index (χ2v) is 3.97. The first-order valence-corrected chi connectivity index (χ1v) is 5.50. The Balaban J connectivity index is 2.40. The third-order valence-electron chi connectivity index (χ3n) is 2.56. The zero-order chi connectivity index (χ0) is 12.3. The number of aryl methyl sites for hydroxylation is 1. The number of aromatic amines is 1. The lowest BCUT2D eigenvalue weighted by molar-refractivity contribution is 0.753. The van der Waals surface area contributed by atoms with Gasteiger partial charge in [-0.3, -0.25) is 4.79 Å². The van der Waals surface area contributed by atoms with Crippen molar-refractivity contribution in [1.29, 1.82) is 0 Å². The first kappa shape index (κ1) is 11.5. The van der Waals surface area contributed by atoms with Crippen molar-refractivity contribution in [2.24, 2.45) is 0 Å². The number of benzene rings is 1. The van der Waals surface area contributed by atoms with Gasteiger partial charge in [0.15, 0.2) is 0 Å². The lowest BCUT2D eigenvalue weighted by Gasteiger charge is -2.03. The summed E-state index contributed by atoms with van der Waals surface area (Å²) in [6, 6.07) is 7.82. The van der Waals surface area contributed by atoms with Gasteiger partial charge in [-0.05, 0) is 19.5 Å². The molecule has 1 aromatic carbocycles. The molecule has 4 nitrogen and oxygen atoms in total. The van der Waals surface area contributed by atoms with E-state index >= 15 is 0 Å². The Kier molecular flexibility index (Phi) is 3.35. The van der Waals surface area contributed by atoms with Gasteiger partial charge in [0, 0.05) is 6.20 Å². The quantitative estimate of drug-likeness (QED) is 0.837. The van der Waals surface area contributed by atoms with Crippen LogP contribution < -0.4 is 10.9 Å². The molecule has 0 bridgehead atoms. The average Bonchev–Trinajstić information content (AvgIpc) is 2.31. The van der Waals surface area contributed by atoms with E-state index in [1.54, 1.807) is 6.20 Å². The molecule has 0 fully saturated rings. The summed E-state index contributed by atoms with van der Waals surface area (Å²) in [5.74, 6) is 0.647. The molecule has 0 radical (unpaired) electrons. The molecule has 0 unspecified atom stereocenters. The predicted molar refractivity (Wildman–Crippen MR) is 67.8 cm³/mol. The highest BCUT2D eigenvalue weighted by atomic mass is 16.1. The Morgan fingerprint density at radius 2 is 2.00 bits per heavy atom. The zero-order valence-electron chi connectivity index (χ0n) is 9.95. The highest BCUT2D eigenvalue weighted by molar-refractivity contribution is 5.61. The summed E-state index contributed by atoms with van der Waals surface area (Å²) in [4.78, 5) is 18.8. The molecule has 2 aromatic rings. The molecule has 1 heterocycles. The fourth-order valence-electron chi connectivity index (χ4n) is 1.63. The van der Waals surface area contributed by atoms with E-state index in [-0.39, 0.29) is 5.56 Å². The van der Waals surface area contributed by atoms with E-state index in [9.17, 15) is 4.79 Å². The van der Waals surface area contributed by atoms with Crippen LogP contribution in [0.25, 0.3) is 11.1 Å². The van der Waals surface area contributed by atoms with Crippen LogP contribution in [0.4, 0.5) is 0 Å². The van der Waals surface area contributed by atoms with Crippen LogP contribution in [0.1, 0.15) is 11.4 Å². The van der Waals surface area contributed by atoms with Crippen LogP contribution in [0.2, 0.25) is 0 Å². The number of H-pyrrole nitrogens is 1. The molecule has 0 amide bonds. The lowest BCUT2D eigenvalue weighted by Crippen LogP contribution is -2.17. The van der Waals surface area contributed by atoms with E-state index < -0.39 is 0 Å². The second kappa shape index (κ2) is 4.93. The first-order valence-electron chi connectivity index (χ1n) is 5.50. The summed E-state index contributed by atoms with van der Waals surface area (Å²) in [5, 5.41) is 2.95. The van der Waals surface area contributed by atoms with Crippen molar-refractivity contribution >= 4 is 0 Å².